The summed E-state index contributed by atoms with van der Waals surface area (Å²) in [5.41, 5.74) is 13.0. The molecule has 0 N–H and O–H groups in total. The summed E-state index contributed by atoms with van der Waals surface area (Å²) in [6.45, 7) is 4.36. The van der Waals surface area contributed by atoms with Crippen LogP contribution >= 0.6 is 31.7 Å². The molecule has 0 spiro atoms. The van der Waals surface area contributed by atoms with Crippen molar-refractivity contribution in [2.45, 2.75) is 25.7 Å². The molecule has 0 fully saturated rings. The molecule has 0 nitrogen and oxygen atoms in total. The van der Waals surface area contributed by atoms with E-state index in [4.69, 9.17) is 25.7 Å². The minimum Gasteiger partial charge on any atom is -0.366 e. The normalized spacial score (nSPS) is 11.2. The first-order chi connectivity index (χ1) is 44.7. The molecule has 12 aromatic rings. The molecule has 2 aliphatic carbocycles. The van der Waals surface area contributed by atoms with Gasteiger partial charge in [0.1, 0.15) is 49.4 Å². The molecule has 12 aromatic carbocycles. The van der Waals surface area contributed by atoms with Gasteiger partial charge in [-0.05, 0) is 137 Å². The van der Waals surface area contributed by atoms with Crippen LogP contribution in [0, 0.1) is 49.4 Å². The quantitative estimate of drug-likeness (QED) is 0.0467. The molecular weight excluding hydrogens is 1960 g/mol. The van der Waals surface area contributed by atoms with Gasteiger partial charge in [0.15, 0.2) is 5.90 Å². The Balaban J connectivity index is 0.000000180. The average molecular weight is 2030 g/mol. The zero-order chi connectivity index (χ0) is 62.8. The summed E-state index contributed by atoms with van der Waals surface area (Å²) in [6, 6.07) is 113. The van der Waals surface area contributed by atoms with Crippen LogP contribution in [0.3, 0.4) is 0 Å². The molecule has 8 heteroatoms. The molecule has 0 bridgehead atoms. The number of rotatable bonds is 13. The molecule has 0 amide bonds. The Morgan fingerprint density at radius 2 is 0.484 bits per heavy atom. The molecule has 0 heterocycles. The van der Waals surface area contributed by atoms with Gasteiger partial charge in [-0.1, -0.05) is 195 Å². The number of fused-ring (bicyclic) bond motifs is 6. The maximum atomic E-state index is 7.28. The van der Waals surface area contributed by atoms with Crippen LogP contribution in [0.5, 0.6) is 0 Å². The second-order valence-electron chi connectivity index (χ2n) is 23.1. The van der Waals surface area contributed by atoms with Crippen molar-refractivity contribution < 1.29 is 89.5 Å². The van der Waals surface area contributed by atoms with Gasteiger partial charge in [-0.15, -0.1) is 70.8 Å². The summed E-state index contributed by atoms with van der Waals surface area (Å²) in [5.74, 6) is 11.0. The SMILES string of the molecule is [Au+].[Au+].[Au+].[Au+].[C-]#Cc1ccc2c(c1)C(C)(C)c1cc(C#[C-])ccc1-2.[C-]#Cc1ccc2c(c1)Cc1cc(C#[C-])ccc1-2.c1ccc([PH+](CC[PH+](c2ccccc2)c2ccccc2)c2ccccc2)cc1.c1ccc([PH+](C[PH+](c2ccccc2)c2ccccc2)c2ccccc2)cc1. The standard InChI is InChI=1S/C26H24P2.C25H22P2.C19H12.C17H8.4Au/c1-5-13-23(14-6-1)27(24-15-7-2-8-16-24)21-22-28(25-17-9-3-10-18-25)26-19-11-4-12-20-26;1-5-13-22(14-6-1)26(23-15-7-2-8-16-23)21-27(24-17-9-3-10-18-24)25-19-11-4-12-20-25;1-5-13-7-9-15-16-10-8-14(6-2)12-18(16)19(3,4)17(15)11-13;1-3-12-5-7-16-14(9-12)11-15-10-13(4-2)6-8-17(15)16;;;;/h1-20H,21-22H2;1-20H,21H2;7-12H,3-4H3;5-10H,11H2;;;;/q;;2*-2;4*+1/p+4. The van der Waals surface area contributed by atoms with Crippen LogP contribution in [0.25, 0.3) is 22.3 Å². The van der Waals surface area contributed by atoms with Crippen molar-refractivity contribution in [3.8, 4) is 45.9 Å². The van der Waals surface area contributed by atoms with E-state index in [0.29, 0.717) is 0 Å². The Bertz CT molecular complexity index is 4100. The summed E-state index contributed by atoms with van der Waals surface area (Å²) in [6.07, 6.45) is 32.2. The third-order valence-electron chi connectivity index (χ3n) is 17.1. The summed E-state index contributed by atoms with van der Waals surface area (Å²) in [7, 11) is -3.26. The predicted octanol–water partition coefficient (Wildman–Crippen LogP) is 16.4. The molecule has 0 unspecified atom stereocenters. The first-order valence-corrected chi connectivity index (χ1v) is 37.7. The molecular formula is C87H70Au4P4+4. The first-order valence-electron chi connectivity index (χ1n) is 30.9. The minimum atomic E-state index is -0.847. The fraction of sp³-hybridized carbons (Fsp3) is 0.0805. The zero-order valence-electron chi connectivity index (χ0n) is 52.6. The molecule has 0 atom stereocenters. The predicted molar refractivity (Wildman–Crippen MR) is 400 cm³/mol. The largest absolute Gasteiger partial charge is 1.00 e. The Kier molecular flexibility index (Phi) is 30.3. The van der Waals surface area contributed by atoms with Crippen LogP contribution in [0.4, 0.5) is 0 Å². The van der Waals surface area contributed by atoms with Crippen molar-refractivity contribution in [1.82, 2.24) is 0 Å². The van der Waals surface area contributed by atoms with Crippen molar-refractivity contribution >= 4 is 74.1 Å². The van der Waals surface area contributed by atoms with Gasteiger partial charge in [0.25, 0.3) is 0 Å². The summed E-state index contributed by atoms with van der Waals surface area (Å²) < 4.78 is 0. The maximum Gasteiger partial charge on any atom is 1.00 e. The fourth-order valence-corrected chi connectivity index (χ4v) is 26.4. The van der Waals surface area contributed by atoms with Gasteiger partial charge in [-0.3, -0.25) is 23.7 Å². The molecule has 0 saturated carbocycles. The summed E-state index contributed by atoms with van der Waals surface area (Å²) in [4.78, 5) is 0. The van der Waals surface area contributed by atoms with Crippen LogP contribution in [0.2, 0.25) is 0 Å². The van der Waals surface area contributed by atoms with Gasteiger partial charge in [0, 0.05) is 5.41 Å². The molecule has 0 radical (unpaired) electrons. The molecule has 2 aliphatic rings. The van der Waals surface area contributed by atoms with Crippen LogP contribution in [-0.4, -0.2) is 18.2 Å². The molecule has 14 rings (SSSR count). The second-order valence-corrected chi connectivity index (χ2v) is 33.9. The van der Waals surface area contributed by atoms with E-state index in [1.165, 1.54) is 105 Å². The second kappa shape index (κ2) is 37.9. The molecule has 0 aromatic heterocycles. The molecule has 478 valence electrons. The van der Waals surface area contributed by atoms with Gasteiger partial charge in [-0.2, -0.15) is 0 Å². The van der Waals surface area contributed by atoms with Crippen LogP contribution < -0.4 is 42.4 Å². The Morgan fingerprint density at radius 1 is 0.274 bits per heavy atom. The van der Waals surface area contributed by atoms with Crippen molar-refractivity contribution in [3.63, 3.8) is 0 Å². The van der Waals surface area contributed by atoms with Crippen LogP contribution in [0.1, 0.15) is 58.4 Å². The van der Waals surface area contributed by atoms with E-state index in [0.717, 1.165) is 28.7 Å². The summed E-state index contributed by atoms with van der Waals surface area (Å²) in [5, 5.41) is 12.1. The topological polar surface area (TPSA) is 0 Å². The number of hydrogen-bond donors (Lipinski definition) is 0. The van der Waals surface area contributed by atoms with E-state index in [-0.39, 0.29) is 94.9 Å². The van der Waals surface area contributed by atoms with Gasteiger partial charge in [-0.25, -0.2) is 0 Å². The Hall–Kier alpha value is -6.44. The van der Waals surface area contributed by atoms with Gasteiger partial charge in [0.05, 0.1) is 37.1 Å². The van der Waals surface area contributed by atoms with Gasteiger partial charge in [0.2, 0.25) is 0 Å². The van der Waals surface area contributed by atoms with Crippen LogP contribution in [0.15, 0.2) is 315 Å². The van der Waals surface area contributed by atoms with Gasteiger partial charge < -0.3 is 25.7 Å². The zero-order valence-corrected chi connectivity index (χ0v) is 65.2. The molecule has 95 heavy (non-hydrogen) atoms. The van der Waals surface area contributed by atoms with Crippen molar-refractivity contribution in [2.24, 2.45) is 0 Å². The van der Waals surface area contributed by atoms with E-state index in [2.05, 4.69) is 292 Å². The van der Waals surface area contributed by atoms with Crippen molar-refractivity contribution in [1.29, 1.82) is 0 Å². The van der Waals surface area contributed by atoms with E-state index in [9.17, 15) is 0 Å². The van der Waals surface area contributed by atoms with E-state index < -0.39 is 31.7 Å². The Morgan fingerprint density at radius 3 is 0.716 bits per heavy atom. The third-order valence-corrected chi connectivity index (χ3v) is 30.2. The van der Waals surface area contributed by atoms with E-state index in [1.54, 1.807) is 0 Å². The number of benzene rings is 12. The fourth-order valence-electron chi connectivity index (χ4n) is 12.5. The van der Waals surface area contributed by atoms with Crippen molar-refractivity contribution in [3.05, 3.63) is 386 Å². The van der Waals surface area contributed by atoms with Crippen molar-refractivity contribution in [2.75, 3.05) is 18.2 Å². The third kappa shape index (κ3) is 19.2. The minimum absolute atomic E-state index is 0. The molecule has 0 aliphatic heterocycles. The van der Waals surface area contributed by atoms with Gasteiger partial charge >= 0.3 is 89.5 Å². The number of hydrogen-bond acceptors (Lipinski definition) is 0. The monoisotopic (exact) mass is 2030 g/mol. The van der Waals surface area contributed by atoms with Crippen LogP contribution in [-0.2, 0) is 101 Å². The average Bonchev–Trinajstić information content (AvgIpc) is 1.59. The Labute approximate surface area is 632 Å². The summed E-state index contributed by atoms with van der Waals surface area (Å²) >= 11 is 0. The first kappa shape index (κ1) is 75.9. The van der Waals surface area contributed by atoms with E-state index >= 15 is 0 Å². The maximum absolute atomic E-state index is 7.28. The molecule has 0 saturated heterocycles. The van der Waals surface area contributed by atoms with E-state index in [1.807, 2.05) is 60.7 Å². The smallest absolute Gasteiger partial charge is 0.366 e.